The molecule has 0 saturated carbocycles. The van der Waals surface area contributed by atoms with Gasteiger partial charge in [-0.25, -0.2) is 9.78 Å². The second-order valence-corrected chi connectivity index (χ2v) is 8.23. The number of amides is 1. The Morgan fingerprint density at radius 2 is 2.19 bits per heavy atom. The summed E-state index contributed by atoms with van der Waals surface area (Å²) in [7, 11) is 1.25. The van der Waals surface area contributed by atoms with Crippen molar-refractivity contribution in [1.29, 1.82) is 0 Å². The number of halogens is 2. The highest BCUT2D eigenvalue weighted by Gasteiger charge is 2.35. The molecule has 2 aromatic rings. The first-order chi connectivity index (χ1) is 12.8. The fraction of sp³-hybridized carbons (Fsp3) is 0.500. The van der Waals surface area contributed by atoms with Gasteiger partial charge < -0.3 is 14.7 Å². The number of ether oxygens (including phenoxy) is 1. The van der Waals surface area contributed by atoms with E-state index in [9.17, 15) is 19.5 Å². The lowest BCUT2D eigenvalue weighted by molar-refractivity contribution is -0.122. The second-order valence-electron chi connectivity index (χ2n) is 6.23. The van der Waals surface area contributed by atoms with E-state index in [0.717, 1.165) is 11.3 Å². The van der Waals surface area contributed by atoms with Gasteiger partial charge in [-0.2, -0.15) is 0 Å². The molecule has 27 heavy (non-hydrogen) atoms. The Labute approximate surface area is 168 Å². The van der Waals surface area contributed by atoms with Gasteiger partial charge in [-0.3, -0.25) is 14.2 Å². The predicted molar refractivity (Wildman–Crippen MR) is 102 cm³/mol. The zero-order valence-corrected chi connectivity index (χ0v) is 16.7. The monoisotopic (exact) mass is 433 g/mol. The van der Waals surface area contributed by atoms with Crippen molar-refractivity contribution in [2.45, 2.75) is 38.0 Å². The lowest BCUT2D eigenvalue weighted by Crippen LogP contribution is -2.52. The molecule has 0 spiro atoms. The maximum absolute atomic E-state index is 12.5. The van der Waals surface area contributed by atoms with Crippen LogP contribution in [-0.2, 0) is 16.1 Å². The number of Topliss-reactive ketones (excluding diaryl/α,β-unsaturated/α-hetero) is 1. The van der Waals surface area contributed by atoms with Gasteiger partial charge >= 0.3 is 6.09 Å². The molecule has 0 radical (unpaired) electrons. The predicted octanol–water partition coefficient (Wildman–Crippen LogP) is 2.32. The molecule has 0 aromatic carbocycles. The maximum atomic E-state index is 12.5. The fourth-order valence-electron chi connectivity index (χ4n) is 3.17. The van der Waals surface area contributed by atoms with E-state index in [4.69, 9.17) is 27.9 Å². The zero-order valence-electron chi connectivity index (χ0n) is 14.4. The van der Waals surface area contributed by atoms with Crippen molar-refractivity contribution in [2.24, 2.45) is 0 Å². The van der Waals surface area contributed by atoms with Gasteiger partial charge in [0.15, 0.2) is 5.78 Å². The van der Waals surface area contributed by atoms with Crippen LogP contribution < -0.4 is 5.56 Å². The van der Waals surface area contributed by atoms with Crippen molar-refractivity contribution >= 4 is 56.6 Å². The minimum atomic E-state index is -0.825. The quantitative estimate of drug-likeness (QED) is 0.793. The number of carbonyl (C=O) groups is 2. The number of nitrogens with zero attached hydrogens (tertiary/aromatic N) is 3. The van der Waals surface area contributed by atoms with Crippen LogP contribution in [-0.4, -0.2) is 57.2 Å². The van der Waals surface area contributed by atoms with Crippen LogP contribution in [0.4, 0.5) is 4.79 Å². The third-order valence-corrected chi connectivity index (χ3v) is 6.46. The van der Waals surface area contributed by atoms with Crippen LogP contribution in [0.15, 0.2) is 11.1 Å². The summed E-state index contributed by atoms with van der Waals surface area (Å²) in [5, 5.41) is 10.4. The molecule has 1 N–H and O–H groups in total. The van der Waals surface area contributed by atoms with E-state index in [-0.39, 0.29) is 32.8 Å². The molecule has 146 valence electrons. The molecule has 1 saturated heterocycles. The van der Waals surface area contributed by atoms with Gasteiger partial charge in [0.05, 0.1) is 37.2 Å². The van der Waals surface area contributed by atoms with Crippen molar-refractivity contribution in [3.8, 4) is 0 Å². The zero-order chi connectivity index (χ0) is 19.7. The number of methoxy groups -OCH3 is 1. The smallest absolute Gasteiger partial charge is 0.409 e. The third-order valence-electron chi connectivity index (χ3n) is 4.50. The first-order valence-corrected chi connectivity index (χ1v) is 9.78. The number of ketones is 1. The number of hydrogen-bond acceptors (Lipinski definition) is 7. The number of fused-ring (bicyclic) bond motifs is 1. The van der Waals surface area contributed by atoms with Gasteiger partial charge in [-0.05, 0) is 12.8 Å². The molecule has 0 bridgehead atoms. The highest BCUT2D eigenvalue weighted by atomic mass is 35.5. The first-order valence-electron chi connectivity index (χ1n) is 8.20. The highest BCUT2D eigenvalue weighted by molar-refractivity contribution is 7.23. The molecule has 1 aliphatic heterocycles. The van der Waals surface area contributed by atoms with E-state index in [1.165, 1.54) is 22.9 Å². The minimum absolute atomic E-state index is 0.0906. The van der Waals surface area contributed by atoms with Gasteiger partial charge in [0.25, 0.3) is 5.56 Å². The Balaban J connectivity index is 1.79. The van der Waals surface area contributed by atoms with E-state index < -0.39 is 23.8 Å². The molecule has 2 unspecified atom stereocenters. The number of hydrogen-bond donors (Lipinski definition) is 1. The number of piperidine rings is 1. The largest absolute Gasteiger partial charge is 0.453 e. The summed E-state index contributed by atoms with van der Waals surface area (Å²) in [6.45, 7) is 0.175. The van der Waals surface area contributed by atoms with E-state index in [1.54, 1.807) is 0 Å². The average Bonchev–Trinajstić information content (AvgIpc) is 2.94. The van der Waals surface area contributed by atoms with Crippen LogP contribution >= 0.6 is 34.5 Å². The van der Waals surface area contributed by atoms with E-state index in [0.29, 0.717) is 24.9 Å². The standard InChI is InChI=1S/C16H17Cl2N3O5S/c1-26-16(25)21-4-2-3-10(23)9(21)5-8(22)6-20-7-19-12-11(17)14(18)27-13(12)15(20)24/h7,9-10,23H,2-6H2,1H3. The lowest BCUT2D eigenvalue weighted by atomic mass is 9.95. The van der Waals surface area contributed by atoms with Gasteiger partial charge in [0, 0.05) is 13.0 Å². The molecule has 3 heterocycles. The molecule has 11 heteroatoms. The van der Waals surface area contributed by atoms with Crippen LogP contribution in [0.5, 0.6) is 0 Å². The summed E-state index contributed by atoms with van der Waals surface area (Å²) in [6.07, 6.45) is 0.856. The van der Waals surface area contributed by atoms with Gasteiger partial charge in [-0.15, -0.1) is 11.3 Å². The second kappa shape index (κ2) is 8.14. The number of likely N-dealkylation sites (tertiary alicyclic amines) is 1. The van der Waals surface area contributed by atoms with Gasteiger partial charge in [0.2, 0.25) is 0 Å². The summed E-state index contributed by atoms with van der Waals surface area (Å²) in [6, 6.07) is -0.684. The van der Waals surface area contributed by atoms with E-state index in [1.807, 2.05) is 0 Å². The van der Waals surface area contributed by atoms with Crippen molar-refractivity contribution in [1.82, 2.24) is 14.5 Å². The number of rotatable bonds is 4. The minimum Gasteiger partial charge on any atom is -0.453 e. The van der Waals surface area contributed by atoms with E-state index >= 15 is 0 Å². The third kappa shape index (κ3) is 3.96. The Kier molecular flexibility index (Phi) is 6.05. The lowest BCUT2D eigenvalue weighted by Gasteiger charge is -2.37. The Hall–Kier alpha value is -1.68. The molecule has 3 rings (SSSR count). The summed E-state index contributed by atoms with van der Waals surface area (Å²) in [5.41, 5.74) is -0.110. The van der Waals surface area contributed by atoms with Crippen LogP contribution in [0.1, 0.15) is 19.3 Å². The summed E-state index contributed by atoms with van der Waals surface area (Å²) >= 11 is 12.9. The van der Waals surface area contributed by atoms with Crippen molar-refractivity contribution < 1.29 is 19.4 Å². The summed E-state index contributed by atoms with van der Waals surface area (Å²) in [5.74, 6) is -0.313. The molecule has 2 aromatic heterocycles. The number of aliphatic hydroxyl groups is 1. The molecule has 1 amide bonds. The fourth-order valence-corrected chi connectivity index (χ4v) is 4.63. The molecule has 1 fully saturated rings. The molecular formula is C16H17Cl2N3O5S. The molecular weight excluding hydrogens is 417 g/mol. The Morgan fingerprint density at radius 3 is 2.89 bits per heavy atom. The van der Waals surface area contributed by atoms with Gasteiger partial charge in [-0.1, -0.05) is 23.2 Å². The molecule has 2 atom stereocenters. The van der Waals surface area contributed by atoms with Gasteiger partial charge in [0.1, 0.15) is 14.6 Å². The van der Waals surface area contributed by atoms with Crippen molar-refractivity contribution in [2.75, 3.05) is 13.7 Å². The normalized spacial score (nSPS) is 20.1. The number of thiophene rings is 1. The van der Waals surface area contributed by atoms with Crippen molar-refractivity contribution in [3.63, 3.8) is 0 Å². The number of aromatic nitrogens is 2. The summed E-state index contributed by atoms with van der Waals surface area (Å²) in [4.78, 5) is 42.4. The van der Waals surface area contributed by atoms with Crippen molar-refractivity contribution in [3.05, 3.63) is 26.0 Å². The Morgan fingerprint density at radius 1 is 1.44 bits per heavy atom. The SMILES string of the molecule is COC(=O)N1CCCC(O)C1CC(=O)Cn1cnc2c(Cl)c(Cl)sc2c1=O. The highest BCUT2D eigenvalue weighted by Crippen LogP contribution is 2.35. The Bertz CT molecular complexity index is 944. The van der Waals surface area contributed by atoms with Crippen LogP contribution in [0.3, 0.4) is 0 Å². The average molecular weight is 434 g/mol. The first kappa shape index (κ1) is 20.1. The number of aliphatic hydroxyl groups excluding tert-OH is 1. The molecule has 1 aliphatic rings. The van der Waals surface area contributed by atoms with Crippen LogP contribution in [0.2, 0.25) is 9.36 Å². The van der Waals surface area contributed by atoms with Crippen LogP contribution in [0, 0.1) is 0 Å². The molecule has 8 nitrogen and oxygen atoms in total. The topological polar surface area (TPSA) is 102 Å². The maximum Gasteiger partial charge on any atom is 0.409 e. The number of carbonyl (C=O) groups excluding carboxylic acids is 2. The van der Waals surface area contributed by atoms with Crippen LogP contribution in [0.25, 0.3) is 10.2 Å². The molecule has 0 aliphatic carbocycles. The summed E-state index contributed by atoms with van der Waals surface area (Å²) < 4.78 is 6.43. The van der Waals surface area contributed by atoms with E-state index in [2.05, 4.69) is 4.98 Å².